The van der Waals surface area contributed by atoms with E-state index in [0.29, 0.717) is 19.4 Å². The first-order valence-corrected chi connectivity index (χ1v) is 11.0. The van der Waals surface area contributed by atoms with E-state index in [1.807, 2.05) is 36.4 Å². The summed E-state index contributed by atoms with van der Waals surface area (Å²) in [5.74, 6) is 1.66. The molecule has 2 aromatic rings. The summed E-state index contributed by atoms with van der Waals surface area (Å²) in [6, 6.07) is 15.8. The van der Waals surface area contributed by atoms with Crippen molar-refractivity contribution in [2.75, 3.05) is 20.3 Å². The Morgan fingerprint density at radius 1 is 0.966 bits per heavy atom. The minimum Gasteiger partial charge on any atom is -0.497 e. The summed E-state index contributed by atoms with van der Waals surface area (Å²) in [5, 5.41) is 0. The molecule has 0 radical (unpaired) electrons. The van der Waals surface area contributed by atoms with Crippen LogP contribution in [0, 0.1) is 0 Å². The quantitative estimate of drug-likeness (QED) is 0.354. The first-order chi connectivity index (χ1) is 13.7. The van der Waals surface area contributed by atoms with Gasteiger partial charge < -0.3 is 25.0 Å². The Bertz CT molecular complexity index is 786. The first-order valence-electron chi connectivity index (χ1n) is 9.50. The zero-order chi connectivity index (χ0) is 21.3. The van der Waals surface area contributed by atoms with E-state index in [1.165, 1.54) is 5.56 Å². The molecule has 0 saturated heterocycles. The summed E-state index contributed by atoms with van der Waals surface area (Å²) in [4.78, 5) is 17.6. The van der Waals surface area contributed by atoms with Crippen LogP contribution in [0.3, 0.4) is 0 Å². The van der Waals surface area contributed by atoms with Crippen LogP contribution in [0.1, 0.15) is 30.9 Å². The van der Waals surface area contributed by atoms with Crippen molar-refractivity contribution in [2.24, 2.45) is 5.73 Å². The van der Waals surface area contributed by atoms with Crippen LogP contribution in [-0.4, -0.2) is 35.6 Å². The van der Waals surface area contributed by atoms with Crippen LogP contribution in [0.25, 0.3) is 0 Å². The molecule has 0 aromatic heterocycles. The molecule has 0 aliphatic carbocycles. The van der Waals surface area contributed by atoms with Crippen molar-refractivity contribution in [1.82, 2.24) is 0 Å². The Labute approximate surface area is 172 Å². The SMILES string of the molecule is COc1ccc(CCCOc2ccc(CC[C@@](C)(N)COP(=O)(O)O)cc2)cc1. The molecule has 0 spiro atoms. The molecule has 0 unspecified atom stereocenters. The lowest BCUT2D eigenvalue weighted by Crippen LogP contribution is -2.41. The van der Waals surface area contributed by atoms with E-state index in [1.54, 1.807) is 14.0 Å². The van der Waals surface area contributed by atoms with Crippen molar-refractivity contribution < 1.29 is 28.3 Å². The minimum absolute atomic E-state index is 0.202. The van der Waals surface area contributed by atoms with Crippen molar-refractivity contribution in [3.05, 3.63) is 59.7 Å². The molecule has 7 nitrogen and oxygen atoms in total. The molecule has 0 bridgehead atoms. The largest absolute Gasteiger partial charge is 0.497 e. The molecule has 4 N–H and O–H groups in total. The number of benzene rings is 2. The van der Waals surface area contributed by atoms with Gasteiger partial charge in [-0.1, -0.05) is 24.3 Å². The second-order valence-corrected chi connectivity index (χ2v) is 8.60. The Balaban J connectivity index is 1.70. The Hall–Kier alpha value is -1.89. The summed E-state index contributed by atoms with van der Waals surface area (Å²) in [5.41, 5.74) is 7.55. The third kappa shape index (κ3) is 9.43. The fraction of sp³-hybridized carbons (Fsp3) is 0.429. The van der Waals surface area contributed by atoms with Gasteiger partial charge in [0, 0.05) is 5.54 Å². The lowest BCUT2D eigenvalue weighted by Gasteiger charge is -2.24. The predicted octanol–water partition coefficient (Wildman–Crippen LogP) is 3.47. The van der Waals surface area contributed by atoms with E-state index in [4.69, 9.17) is 25.0 Å². The van der Waals surface area contributed by atoms with Crippen molar-refractivity contribution in [3.63, 3.8) is 0 Å². The molecule has 1 atom stereocenters. The van der Waals surface area contributed by atoms with E-state index < -0.39 is 13.4 Å². The third-order valence-corrected chi connectivity index (χ3v) is 4.97. The van der Waals surface area contributed by atoms with E-state index >= 15 is 0 Å². The maximum Gasteiger partial charge on any atom is 0.469 e. The number of hydrogen-bond donors (Lipinski definition) is 3. The number of phosphoric acid groups is 1. The van der Waals surface area contributed by atoms with Gasteiger partial charge in [0.1, 0.15) is 11.5 Å². The van der Waals surface area contributed by atoms with Crippen LogP contribution in [0.2, 0.25) is 0 Å². The fourth-order valence-electron chi connectivity index (χ4n) is 2.74. The third-order valence-electron chi connectivity index (χ3n) is 4.51. The molecular weight excluding hydrogens is 393 g/mol. The van der Waals surface area contributed by atoms with Gasteiger partial charge in [-0.25, -0.2) is 4.57 Å². The summed E-state index contributed by atoms with van der Waals surface area (Å²) in [6.07, 6.45) is 3.07. The summed E-state index contributed by atoms with van der Waals surface area (Å²) >= 11 is 0. The number of phosphoric ester groups is 1. The Morgan fingerprint density at radius 3 is 2.07 bits per heavy atom. The standard InChI is InChI=1S/C21H30NO6P/c1-21(22,16-28-29(23,24)25)14-13-18-7-11-20(12-8-18)27-15-3-4-17-5-9-19(26-2)10-6-17/h5-12H,3-4,13-16,22H2,1-2H3,(H2,23,24,25)/t21-/m1/s1. The highest BCUT2D eigenvalue weighted by Crippen LogP contribution is 2.36. The second kappa shape index (κ2) is 10.8. The van der Waals surface area contributed by atoms with Crippen molar-refractivity contribution in [1.29, 1.82) is 0 Å². The van der Waals surface area contributed by atoms with E-state index in [0.717, 1.165) is 29.9 Å². The lowest BCUT2D eigenvalue weighted by molar-refractivity contribution is 0.154. The molecule has 0 aliphatic rings. The molecule has 8 heteroatoms. The van der Waals surface area contributed by atoms with Gasteiger partial charge in [0.2, 0.25) is 0 Å². The van der Waals surface area contributed by atoms with Crippen LogP contribution in [-0.2, 0) is 21.9 Å². The Kier molecular flexibility index (Phi) is 8.68. The van der Waals surface area contributed by atoms with Gasteiger partial charge in [-0.2, -0.15) is 0 Å². The number of ether oxygens (including phenoxy) is 2. The number of rotatable bonds is 12. The summed E-state index contributed by atoms with van der Waals surface area (Å²) < 4.78 is 26.3. The second-order valence-electron chi connectivity index (χ2n) is 7.36. The van der Waals surface area contributed by atoms with Gasteiger partial charge in [-0.15, -0.1) is 0 Å². The zero-order valence-electron chi connectivity index (χ0n) is 16.9. The normalized spacial score (nSPS) is 13.7. The summed E-state index contributed by atoms with van der Waals surface area (Å²) in [7, 11) is -2.85. The molecule has 0 heterocycles. The lowest BCUT2D eigenvalue weighted by atomic mass is 9.95. The molecule has 160 valence electrons. The summed E-state index contributed by atoms with van der Waals surface area (Å²) in [6.45, 7) is 2.14. The van der Waals surface area contributed by atoms with Crippen LogP contribution in [0.4, 0.5) is 0 Å². The van der Waals surface area contributed by atoms with Gasteiger partial charge in [0.05, 0.1) is 20.3 Å². The number of nitrogens with two attached hydrogens (primary N) is 1. The average molecular weight is 423 g/mol. The molecule has 0 saturated carbocycles. The zero-order valence-corrected chi connectivity index (χ0v) is 17.8. The van der Waals surface area contributed by atoms with E-state index in [9.17, 15) is 4.57 Å². The van der Waals surface area contributed by atoms with Crippen molar-refractivity contribution in [3.8, 4) is 11.5 Å². The van der Waals surface area contributed by atoms with Gasteiger partial charge in [0.25, 0.3) is 0 Å². The molecule has 0 amide bonds. The number of hydrogen-bond acceptors (Lipinski definition) is 5. The van der Waals surface area contributed by atoms with Gasteiger partial charge in [-0.3, -0.25) is 4.52 Å². The van der Waals surface area contributed by atoms with E-state index in [2.05, 4.69) is 16.7 Å². The minimum atomic E-state index is -4.50. The van der Waals surface area contributed by atoms with Crippen LogP contribution in [0.15, 0.2) is 48.5 Å². The topological polar surface area (TPSA) is 111 Å². The van der Waals surface area contributed by atoms with Gasteiger partial charge >= 0.3 is 7.82 Å². The molecule has 0 aliphatic heterocycles. The molecule has 29 heavy (non-hydrogen) atoms. The maximum atomic E-state index is 10.8. The molecule has 2 aromatic carbocycles. The monoisotopic (exact) mass is 423 g/mol. The Morgan fingerprint density at radius 2 is 1.52 bits per heavy atom. The molecular formula is C21H30NO6P. The van der Waals surface area contributed by atoms with Crippen LogP contribution < -0.4 is 15.2 Å². The number of methoxy groups -OCH3 is 1. The van der Waals surface area contributed by atoms with Gasteiger partial charge in [-0.05, 0) is 68.0 Å². The smallest absolute Gasteiger partial charge is 0.469 e. The average Bonchev–Trinajstić information content (AvgIpc) is 2.69. The fourth-order valence-corrected chi connectivity index (χ4v) is 3.21. The van der Waals surface area contributed by atoms with Crippen LogP contribution in [0.5, 0.6) is 11.5 Å². The van der Waals surface area contributed by atoms with Crippen LogP contribution >= 0.6 is 7.82 Å². The molecule has 0 fully saturated rings. The van der Waals surface area contributed by atoms with Gasteiger partial charge in [0.15, 0.2) is 0 Å². The van der Waals surface area contributed by atoms with Crippen molar-refractivity contribution in [2.45, 2.75) is 38.1 Å². The van der Waals surface area contributed by atoms with E-state index in [-0.39, 0.29) is 6.61 Å². The number of aryl methyl sites for hydroxylation is 2. The predicted molar refractivity (Wildman–Crippen MR) is 112 cm³/mol. The highest BCUT2D eigenvalue weighted by atomic mass is 31.2. The van der Waals surface area contributed by atoms with Crippen molar-refractivity contribution >= 4 is 7.82 Å². The first kappa shape index (κ1) is 23.4. The highest BCUT2D eigenvalue weighted by Gasteiger charge is 2.24. The maximum absolute atomic E-state index is 10.8. The molecule has 2 rings (SSSR count). The highest BCUT2D eigenvalue weighted by molar-refractivity contribution is 7.46.